The van der Waals surface area contributed by atoms with Gasteiger partial charge >= 0.3 is 0 Å². The third-order valence-corrected chi connectivity index (χ3v) is 9.03. The lowest BCUT2D eigenvalue weighted by Crippen LogP contribution is -2.45. The number of allylic oxidation sites excluding steroid dienone is 2. The van der Waals surface area contributed by atoms with Crippen LogP contribution in [0.4, 0.5) is 0 Å². The quantitative estimate of drug-likeness (QED) is 0.234. The molecule has 0 spiro atoms. The van der Waals surface area contributed by atoms with Gasteiger partial charge in [-0.1, -0.05) is 46.3 Å². The van der Waals surface area contributed by atoms with E-state index in [1.807, 2.05) is 13.8 Å². The highest BCUT2D eigenvalue weighted by Crippen LogP contribution is 2.57. The number of likely N-dealkylation sites (tertiary alicyclic amines) is 1. The number of nitrogens with zero attached hydrogens (tertiary/aromatic N) is 1. The third-order valence-electron chi connectivity index (χ3n) is 9.03. The standard InChI is InChI=1S/C26H39NO4/c1-8-14(3)22-24(29)21(25(30)27(22)7)23(28)20-18(26(6)16(5)31-26)10-9-17-12-13(2)11-15(4)19(17)20/h9-10,13-20,22,28H,8,11-12H2,1-7H3/b23-21-. The zero-order valence-corrected chi connectivity index (χ0v) is 20.1. The van der Waals surface area contributed by atoms with Crippen molar-refractivity contribution in [1.29, 1.82) is 0 Å². The maximum atomic E-state index is 13.4. The average molecular weight is 430 g/mol. The number of epoxide rings is 1. The Kier molecular flexibility index (Phi) is 5.65. The van der Waals surface area contributed by atoms with E-state index >= 15 is 0 Å². The number of amides is 1. The first kappa shape index (κ1) is 22.6. The molecule has 0 bridgehead atoms. The van der Waals surface area contributed by atoms with Gasteiger partial charge in [0.2, 0.25) is 0 Å². The predicted molar refractivity (Wildman–Crippen MR) is 120 cm³/mol. The highest BCUT2D eigenvalue weighted by molar-refractivity contribution is 6.26. The fourth-order valence-electron chi connectivity index (χ4n) is 6.97. The van der Waals surface area contributed by atoms with Crippen LogP contribution >= 0.6 is 0 Å². The summed E-state index contributed by atoms with van der Waals surface area (Å²) in [5.74, 6) is 0.829. The normalized spacial score (nSPS) is 47.4. The molecule has 172 valence electrons. The van der Waals surface area contributed by atoms with Crippen molar-refractivity contribution in [2.24, 2.45) is 41.4 Å². The second-order valence-electron chi connectivity index (χ2n) is 11.0. The summed E-state index contributed by atoms with van der Waals surface area (Å²) >= 11 is 0. The molecule has 2 saturated heterocycles. The number of Topliss-reactive ketones (excluding diaryl/α,β-unsaturated/α-hetero) is 1. The summed E-state index contributed by atoms with van der Waals surface area (Å²) in [6.07, 6.45) is 7.62. The number of carbonyl (C=O) groups excluding carboxylic acids is 2. The summed E-state index contributed by atoms with van der Waals surface area (Å²) in [6.45, 7) is 12.7. The van der Waals surface area contributed by atoms with Crippen molar-refractivity contribution in [2.45, 2.75) is 78.6 Å². The van der Waals surface area contributed by atoms with Crippen LogP contribution in [0.2, 0.25) is 0 Å². The molecule has 1 N–H and O–H groups in total. The number of ketones is 1. The van der Waals surface area contributed by atoms with Gasteiger partial charge in [0.25, 0.3) is 5.91 Å². The van der Waals surface area contributed by atoms with E-state index in [0.717, 1.165) is 19.3 Å². The maximum Gasteiger partial charge on any atom is 0.261 e. The minimum atomic E-state index is -0.487. The summed E-state index contributed by atoms with van der Waals surface area (Å²) < 4.78 is 6.01. The van der Waals surface area contributed by atoms with E-state index in [9.17, 15) is 14.7 Å². The fraction of sp³-hybridized carbons (Fsp3) is 0.769. The van der Waals surface area contributed by atoms with E-state index in [0.29, 0.717) is 17.8 Å². The van der Waals surface area contributed by atoms with Crippen LogP contribution in [0.5, 0.6) is 0 Å². The molecule has 0 radical (unpaired) electrons. The summed E-state index contributed by atoms with van der Waals surface area (Å²) in [6, 6.07) is -0.487. The van der Waals surface area contributed by atoms with Crippen molar-refractivity contribution in [3.05, 3.63) is 23.5 Å². The van der Waals surface area contributed by atoms with Crippen molar-refractivity contribution < 1.29 is 19.4 Å². The molecule has 1 amide bonds. The smallest absolute Gasteiger partial charge is 0.261 e. The van der Waals surface area contributed by atoms with Crippen LogP contribution in [0, 0.1) is 41.4 Å². The minimum absolute atomic E-state index is 0.0160. The number of carbonyl (C=O) groups is 2. The van der Waals surface area contributed by atoms with E-state index in [1.165, 1.54) is 4.90 Å². The lowest BCUT2D eigenvalue weighted by atomic mass is 9.56. The van der Waals surface area contributed by atoms with Gasteiger partial charge in [0.05, 0.1) is 17.7 Å². The summed E-state index contributed by atoms with van der Waals surface area (Å²) in [5.41, 5.74) is -0.338. The van der Waals surface area contributed by atoms with Gasteiger partial charge in [0, 0.05) is 18.9 Å². The van der Waals surface area contributed by atoms with E-state index in [2.05, 4.69) is 39.8 Å². The molecule has 4 aliphatic rings. The molecule has 10 unspecified atom stereocenters. The van der Waals surface area contributed by atoms with E-state index in [4.69, 9.17) is 4.74 Å². The summed E-state index contributed by atoms with van der Waals surface area (Å²) in [4.78, 5) is 28.1. The Labute approximate surface area is 186 Å². The van der Waals surface area contributed by atoms with Gasteiger partial charge in [-0.05, 0) is 56.3 Å². The molecule has 10 atom stereocenters. The van der Waals surface area contributed by atoms with Crippen molar-refractivity contribution >= 4 is 11.7 Å². The molecular formula is C26H39NO4. The molecule has 5 nitrogen and oxygen atoms in total. The number of ether oxygens (including phenoxy) is 1. The Morgan fingerprint density at radius 1 is 1.26 bits per heavy atom. The van der Waals surface area contributed by atoms with Crippen LogP contribution < -0.4 is 0 Å². The summed E-state index contributed by atoms with van der Waals surface area (Å²) in [7, 11) is 1.69. The predicted octanol–water partition coefficient (Wildman–Crippen LogP) is 4.53. The molecule has 3 fully saturated rings. The van der Waals surface area contributed by atoms with Gasteiger partial charge in [-0.3, -0.25) is 9.59 Å². The number of aliphatic hydroxyl groups is 1. The zero-order valence-electron chi connectivity index (χ0n) is 20.1. The lowest BCUT2D eigenvalue weighted by molar-refractivity contribution is -0.126. The molecule has 0 aromatic carbocycles. The van der Waals surface area contributed by atoms with E-state index in [1.54, 1.807) is 7.05 Å². The molecular weight excluding hydrogens is 390 g/mol. The Morgan fingerprint density at radius 3 is 2.48 bits per heavy atom. The Hall–Kier alpha value is -1.62. The second kappa shape index (κ2) is 7.75. The van der Waals surface area contributed by atoms with Gasteiger partial charge in [-0.15, -0.1) is 0 Å². The van der Waals surface area contributed by atoms with Gasteiger partial charge in [0.15, 0.2) is 5.78 Å². The first-order valence-electron chi connectivity index (χ1n) is 12.1. The minimum Gasteiger partial charge on any atom is -0.511 e. The monoisotopic (exact) mass is 429 g/mol. The topological polar surface area (TPSA) is 70.1 Å². The number of likely N-dealkylation sites (N-methyl/N-ethyl adjacent to an activating group) is 1. The van der Waals surface area contributed by atoms with Gasteiger partial charge in [0.1, 0.15) is 11.3 Å². The van der Waals surface area contributed by atoms with Gasteiger partial charge in [-0.2, -0.15) is 0 Å². The zero-order chi connectivity index (χ0) is 22.8. The van der Waals surface area contributed by atoms with Crippen LogP contribution in [-0.4, -0.2) is 46.5 Å². The molecule has 0 aromatic heterocycles. The van der Waals surface area contributed by atoms with Gasteiger partial charge in [-0.25, -0.2) is 0 Å². The molecule has 2 heterocycles. The molecule has 2 aliphatic carbocycles. The maximum absolute atomic E-state index is 13.4. The summed E-state index contributed by atoms with van der Waals surface area (Å²) in [5, 5.41) is 11.7. The number of hydrogen-bond donors (Lipinski definition) is 1. The number of rotatable bonds is 4. The molecule has 1 saturated carbocycles. The molecule has 5 heteroatoms. The number of aliphatic hydroxyl groups excluding tert-OH is 1. The van der Waals surface area contributed by atoms with Crippen molar-refractivity contribution in [1.82, 2.24) is 4.90 Å². The SMILES string of the molecule is CCC(C)C1C(=O)/C(=C(/O)C2C3C(C)CC(C)CC3C=CC2C2(C)OC2C)C(=O)N1C. The van der Waals surface area contributed by atoms with Crippen LogP contribution in [0.3, 0.4) is 0 Å². The largest absolute Gasteiger partial charge is 0.511 e. The second-order valence-corrected chi connectivity index (χ2v) is 11.0. The molecule has 4 rings (SSSR count). The number of hydrogen-bond acceptors (Lipinski definition) is 4. The van der Waals surface area contributed by atoms with E-state index < -0.39 is 6.04 Å². The van der Waals surface area contributed by atoms with Gasteiger partial charge < -0.3 is 14.7 Å². The van der Waals surface area contributed by atoms with Crippen LogP contribution in [-0.2, 0) is 14.3 Å². The van der Waals surface area contributed by atoms with Crippen molar-refractivity contribution in [2.75, 3.05) is 7.05 Å². The lowest BCUT2D eigenvalue weighted by Gasteiger charge is -2.48. The first-order valence-corrected chi connectivity index (χ1v) is 12.1. The number of fused-ring (bicyclic) bond motifs is 1. The molecule has 2 aliphatic heterocycles. The highest BCUT2D eigenvalue weighted by atomic mass is 16.6. The fourth-order valence-corrected chi connectivity index (χ4v) is 6.97. The Bertz CT molecular complexity index is 831. The van der Waals surface area contributed by atoms with Crippen molar-refractivity contribution in [3.63, 3.8) is 0 Å². The first-order chi connectivity index (χ1) is 14.5. The molecule has 0 aromatic rings. The molecule has 31 heavy (non-hydrogen) atoms. The van der Waals surface area contributed by atoms with Crippen molar-refractivity contribution in [3.8, 4) is 0 Å². The Balaban J connectivity index is 1.81. The Morgan fingerprint density at radius 2 is 1.90 bits per heavy atom. The third kappa shape index (κ3) is 3.39. The van der Waals surface area contributed by atoms with Crippen LogP contribution in [0.1, 0.15) is 60.8 Å². The van der Waals surface area contributed by atoms with E-state index in [-0.39, 0.29) is 58.4 Å². The van der Waals surface area contributed by atoms with Crippen LogP contribution in [0.15, 0.2) is 23.5 Å². The highest BCUT2D eigenvalue weighted by Gasteiger charge is 2.61. The van der Waals surface area contributed by atoms with Crippen LogP contribution in [0.25, 0.3) is 0 Å². The average Bonchev–Trinajstić information content (AvgIpc) is 3.26.